The first-order valence-corrected chi connectivity index (χ1v) is 6.36. The number of hydrogen-bond donors (Lipinski definition) is 2. The molecule has 7 nitrogen and oxygen atoms in total. The summed E-state index contributed by atoms with van der Waals surface area (Å²) >= 11 is 0. The molecule has 0 spiro atoms. The van der Waals surface area contributed by atoms with Crippen LogP contribution in [0.4, 0.5) is 10.6 Å². The summed E-state index contributed by atoms with van der Waals surface area (Å²) in [6, 6.07) is 10.9. The normalized spacial score (nSPS) is 10.1. The molecule has 2 N–H and O–H groups in total. The fourth-order valence-corrected chi connectivity index (χ4v) is 1.63. The fraction of sp³-hybridized carbons (Fsp3) is 0.214. The molecule has 0 aliphatic heterocycles. The zero-order valence-electron chi connectivity index (χ0n) is 11.2. The van der Waals surface area contributed by atoms with E-state index in [1.807, 2.05) is 30.3 Å². The number of benzene rings is 1. The summed E-state index contributed by atoms with van der Waals surface area (Å²) in [5.74, 6) is -0.583. The fourth-order valence-electron chi connectivity index (χ4n) is 1.63. The predicted octanol–water partition coefficient (Wildman–Crippen LogP) is 2.11. The number of carboxylic acid groups (broad SMARTS) is 1. The summed E-state index contributed by atoms with van der Waals surface area (Å²) in [5, 5.41) is 15.1. The van der Waals surface area contributed by atoms with Crippen LogP contribution >= 0.6 is 0 Å². The lowest BCUT2D eigenvalue weighted by Gasteiger charge is -2.05. The molecule has 1 aromatic carbocycles. The Morgan fingerprint density at radius 1 is 1.24 bits per heavy atom. The number of ether oxygens (including phenoxy) is 1. The Morgan fingerprint density at radius 2 is 2.00 bits per heavy atom. The summed E-state index contributed by atoms with van der Waals surface area (Å²) in [5.41, 5.74) is 0.889. The second kappa shape index (κ2) is 7.09. The molecule has 7 heteroatoms. The number of anilines is 1. The molecule has 0 radical (unpaired) electrons. The molecule has 1 amide bonds. The van der Waals surface area contributed by atoms with Gasteiger partial charge in [0.15, 0.2) is 5.82 Å². The summed E-state index contributed by atoms with van der Waals surface area (Å²) in [4.78, 5) is 22.0. The maximum atomic E-state index is 11.6. The first-order chi connectivity index (χ1) is 10.1. The van der Waals surface area contributed by atoms with Gasteiger partial charge in [-0.1, -0.05) is 30.3 Å². The molecule has 0 saturated carbocycles. The van der Waals surface area contributed by atoms with Crippen molar-refractivity contribution < 1.29 is 19.4 Å². The highest BCUT2D eigenvalue weighted by molar-refractivity contribution is 5.83. The van der Waals surface area contributed by atoms with Crippen LogP contribution in [-0.4, -0.2) is 26.9 Å². The van der Waals surface area contributed by atoms with Gasteiger partial charge in [-0.3, -0.25) is 14.8 Å². The molecule has 21 heavy (non-hydrogen) atoms. The van der Waals surface area contributed by atoms with Crippen LogP contribution in [0.2, 0.25) is 0 Å². The molecule has 0 aliphatic carbocycles. The Bertz CT molecular complexity index is 610. The van der Waals surface area contributed by atoms with Gasteiger partial charge in [-0.15, -0.1) is 0 Å². The van der Waals surface area contributed by atoms with Gasteiger partial charge in [-0.05, 0) is 5.56 Å². The zero-order valence-corrected chi connectivity index (χ0v) is 11.2. The molecule has 0 unspecified atom stereocenters. The van der Waals surface area contributed by atoms with Gasteiger partial charge in [-0.25, -0.2) is 4.79 Å². The molecule has 0 atom stereocenters. The Balaban J connectivity index is 1.78. The third-order valence-electron chi connectivity index (χ3n) is 2.64. The number of aliphatic carboxylic acids is 1. The lowest BCUT2D eigenvalue weighted by Crippen LogP contribution is -2.14. The molecule has 1 heterocycles. The van der Waals surface area contributed by atoms with E-state index < -0.39 is 12.1 Å². The van der Waals surface area contributed by atoms with Crippen molar-refractivity contribution in [2.45, 2.75) is 19.6 Å². The molecule has 0 aliphatic rings. The van der Waals surface area contributed by atoms with Gasteiger partial charge in [0.2, 0.25) is 0 Å². The van der Waals surface area contributed by atoms with Crippen LogP contribution in [0.25, 0.3) is 0 Å². The van der Waals surface area contributed by atoms with Gasteiger partial charge in [0, 0.05) is 12.3 Å². The predicted molar refractivity (Wildman–Crippen MR) is 74.7 cm³/mol. The minimum atomic E-state index is -0.901. The van der Waals surface area contributed by atoms with Crippen molar-refractivity contribution in [3.05, 3.63) is 48.2 Å². The lowest BCUT2D eigenvalue weighted by atomic mass is 10.2. The van der Waals surface area contributed by atoms with Crippen LogP contribution in [0.3, 0.4) is 0 Å². The number of carbonyl (C=O) groups is 2. The number of aromatic nitrogens is 2. The SMILES string of the molecule is O=C(O)CCn1ccc(NC(=O)OCc2ccccc2)n1. The monoisotopic (exact) mass is 289 g/mol. The molecule has 2 aromatic rings. The van der Waals surface area contributed by atoms with E-state index in [2.05, 4.69) is 10.4 Å². The second-order valence-electron chi connectivity index (χ2n) is 4.29. The van der Waals surface area contributed by atoms with E-state index in [1.165, 1.54) is 4.68 Å². The van der Waals surface area contributed by atoms with Crippen molar-refractivity contribution in [2.75, 3.05) is 5.32 Å². The van der Waals surface area contributed by atoms with Crippen molar-refractivity contribution in [3.8, 4) is 0 Å². The number of nitrogens with one attached hydrogen (secondary N) is 1. The summed E-state index contributed by atoms with van der Waals surface area (Å²) in [6.45, 7) is 0.419. The van der Waals surface area contributed by atoms with Gasteiger partial charge in [0.25, 0.3) is 0 Å². The molecule has 0 bridgehead atoms. The average Bonchev–Trinajstić information content (AvgIpc) is 2.91. The summed E-state index contributed by atoms with van der Waals surface area (Å²) in [7, 11) is 0. The highest BCUT2D eigenvalue weighted by Gasteiger charge is 2.07. The Hall–Kier alpha value is -2.83. The minimum Gasteiger partial charge on any atom is -0.481 e. The maximum Gasteiger partial charge on any atom is 0.413 e. The molecule has 110 valence electrons. The van der Waals surface area contributed by atoms with Crippen molar-refractivity contribution >= 4 is 17.9 Å². The highest BCUT2D eigenvalue weighted by atomic mass is 16.5. The minimum absolute atomic E-state index is 0.0282. The highest BCUT2D eigenvalue weighted by Crippen LogP contribution is 2.06. The quantitative estimate of drug-likeness (QED) is 0.849. The van der Waals surface area contributed by atoms with Crippen molar-refractivity contribution in [2.24, 2.45) is 0 Å². The van der Waals surface area contributed by atoms with E-state index in [0.29, 0.717) is 5.82 Å². The van der Waals surface area contributed by atoms with Crippen molar-refractivity contribution in [1.82, 2.24) is 9.78 Å². The van der Waals surface area contributed by atoms with E-state index in [4.69, 9.17) is 9.84 Å². The number of nitrogens with zero attached hydrogens (tertiary/aromatic N) is 2. The molecular weight excluding hydrogens is 274 g/mol. The van der Waals surface area contributed by atoms with Crippen LogP contribution in [0.15, 0.2) is 42.6 Å². The van der Waals surface area contributed by atoms with E-state index in [1.54, 1.807) is 12.3 Å². The average molecular weight is 289 g/mol. The molecule has 1 aromatic heterocycles. The van der Waals surface area contributed by atoms with E-state index in [9.17, 15) is 9.59 Å². The topological polar surface area (TPSA) is 93.5 Å². The largest absolute Gasteiger partial charge is 0.481 e. The first kappa shape index (κ1) is 14.6. The standard InChI is InChI=1S/C14H15N3O4/c18-13(19)7-9-17-8-6-12(16-17)15-14(20)21-10-11-4-2-1-3-5-11/h1-6,8H,7,9-10H2,(H,18,19)(H,15,16,20). The van der Waals surface area contributed by atoms with Crippen LogP contribution < -0.4 is 5.32 Å². The Morgan fingerprint density at radius 3 is 2.71 bits per heavy atom. The first-order valence-electron chi connectivity index (χ1n) is 6.36. The maximum absolute atomic E-state index is 11.6. The lowest BCUT2D eigenvalue weighted by molar-refractivity contribution is -0.137. The number of amides is 1. The zero-order chi connectivity index (χ0) is 15.1. The van der Waals surface area contributed by atoms with Gasteiger partial charge >= 0.3 is 12.1 Å². The van der Waals surface area contributed by atoms with Crippen LogP contribution in [0.5, 0.6) is 0 Å². The molecule has 0 saturated heterocycles. The summed E-state index contributed by atoms with van der Waals surface area (Å²) < 4.78 is 6.49. The van der Waals surface area contributed by atoms with Crippen LogP contribution in [0.1, 0.15) is 12.0 Å². The Labute approximate surface area is 121 Å². The van der Waals surface area contributed by atoms with Crippen molar-refractivity contribution in [1.29, 1.82) is 0 Å². The number of aryl methyl sites for hydroxylation is 1. The molecular formula is C14H15N3O4. The molecule has 2 rings (SSSR count). The van der Waals surface area contributed by atoms with E-state index in [-0.39, 0.29) is 19.6 Å². The molecule has 0 fully saturated rings. The summed E-state index contributed by atoms with van der Waals surface area (Å²) in [6.07, 6.45) is 0.956. The van der Waals surface area contributed by atoms with Gasteiger partial charge in [0.1, 0.15) is 6.61 Å². The van der Waals surface area contributed by atoms with Gasteiger partial charge < -0.3 is 9.84 Å². The van der Waals surface area contributed by atoms with Gasteiger partial charge in [-0.2, -0.15) is 5.10 Å². The van der Waals surface area contributed by atoms with E-state index in [0.717, 1.165) is 5.56 Å². The number of carboxylic acids is 1. The van der Waals surface area contributed by atoms with Crippen LogP contribution in [-0.2, 0) is 22.7 Å². The third kappa shape index (κ3) is 4.98. The number of carbonyl (C=O) groups excluding carboxylic acids is 1. The van der Waals surface area contributed by atoms with Crippen molar-refractivity contribution in [3.63, 3.8) is 0 Å². The van der Waals surface area contributed by atoms with Gasteiger partial charge in [0.05, 0.1) is 13.0 Å². The Kier molecular flexibility index (Phi) is 4.92. The number of rotatable bonds is 6. The number of hydrogen-bond acceptors (Lipinski definition) is 4. The van der Waals surface area contributed by atoms with E-state index >= 15 is 0 Å². The second-order valence-corrected chi connectivity index (χ2v) is 4.29. The third-order valence-corrected chi connectivity index (χ3v) is 2.64. The van der Waals surface area contributed by atoms with Crippen LogP contribution in [0, 0.1) is 0 Å². The smallest absolute Gasteiger partial charge is 0.413 e.